The predicted octanol–water partition coefficient (Wildman–Crippen LogP) is 8.61. The Kier molecular flexibility index (Phi) is 19.1. The fourth-order valence-corrected chi connectivity index (χ4v) is 12.9. The van der Waals surface area contributed by atoms with Crippen molar-refractivity contribution in [1.82, 2.24) is 50.0 Å². The molecule has 1 unspecified atom stereocenters. The van der Waals surface area contributed by atoms with Gasteiger partial charge >= 0.3 is 18.0 Å². The summed E-state index contributed by atoms with van der Waals surface area (Å²) in [4.78, 5) is 83.1. The van der Waals surface area contributed by atoms with Crippen molar-refractivity contribution in [2.45, 2.75) is 96.2 Å². The molecule has 2 aliphatic carbocycles. The number of imide groups is 2. The number of nitrogens with one attached hydrogen (secondary N) is 4. The zero-order chi connectivity index (χ0) is 55.8. The number of amides is 6. The van der Waals surface area contributed by atoms with E-state index in [1.165, 1.54) is 54.0 Å². The molecule has 0 spiro atoms. The van der Waals surface area contributed by atoms with Crippen LogP contribution in [0.2, 0.25) is 0 Å². The number of H-pyrrole nitrogens is 2. The maximum absolute atomic E-state index is 13.8. The van der Waals surface area contributed by atoms with E-state index in [-0.39, 0.29) is 59.6 Å². The van der Waals surface area contributed by atoms with Crippen LogP contribution in [0.1, 0.15) is 108 Å². The number of carbonyl (C=O) groups is 5. The third-order valence-electron chi connectivity index (χ3n) is 16.5. The van der Waals surface area contributed by atoms with Gasteiger partial charge in [-0.1, -0.05) is 54.6 Å². The number of ether oxygens (including phenoxy) is 1. The number of piperidine rings is 2. The van der Waals surface area contributed by atoms with Gasteiger partial charge in [0, 0.05) is 116 Å². The van der Waals surface area contributed by atoms with E-state index in [0.717, 1.165) is 75.8 Å². The summed E-state index contributed by atoms with van der Waals surface area (Å²) >= 11 is 0. The summed E-state index contributed by atoms with van der Waals surface area (Å²) in [6, 6.07) is 20.5. The first-order valence-corrected chi connectivity index (χ1v) is 28.2. The minimum Gasteiger partial charge on any atom is -0.454 e. The van der Waals surface area contributed by atoms with Crippen LogP contribution >= 0.6 is 0 Å². The van der Waals surface area contributed by atoms with E-state index in [2.05, 4.69) is 103 Å². The van der Waals surface area contributed by atoms with E-state index in [1.54, 1.807) is 6.07 Å². The number of likely N-dealkylation sites (tertiary alicyclic amines) is 2. The Morgan fingerprint density at radius 3 is 1.73 bits per heavy atom. The number of carbonyl (C=O) groups excluding carboxylic acids is 5. The van der Waals surface area contributed by atoms with Gasteiger partial charge in [-0.3, -0.25) is 29.2 Å². The highest BCUT2D eigenvalue weighted by Crippen LogP contribution is 2.47. The number of aryl methyl sites for hydroxylation is 1. The van der Waals surface area contributed by atoms with Crippen molar-refractivity contribution in [3.8, 4) is 0 Å². The van der Waals surface area contributed by atoms with Gasteiger partial charge in [0.2, 0.25) is 11.8 Å². The van der Waals surface area contributed by atoms with Crippen LogP contribution in [0.15, 0.2) is 92.2 Å². The van der Waals surface area contributed by atoms with Crippen LogP contribution in [-0.2, 0) is 27.2 Å². The van der Waals surface area contributed by atoms with E-state index < -0.39 is 0 Å². The van der Waals surface area contributed by atoms with Gasteiger partial charge in [0.15, 0.2) is 0 Å². The van der Waals surface area contributed by atoms with Gasteiger partial charge in [-0.15, -0.1) is 13.2 Å². The first-order valence-electron chi connectivity index (χ1n) is 28.2. The topological polar surface area (TPSA) is 170 Å². The number of urea groups is 2. The molecule has 3 aromatic carbocycles. The van der Waals surface area contributed by atoms with E-state index in [1.807, 2.05) is 79.3 Å². The smallest absolute Gasteiger partial charge is 0.339 e. The Balaban J connectivity index is 0.000000172. The minimum absolute atomic E-state index is 0.0551. The molecule has 2 aromatic heterocycles. The quantitative estimate of drug-likeness (QED) is 0.0555. The maximum atomic E-state index is 13.8. The van der Waals surface area contributed by atoms with Crippen molar-refractivity contribution in [3.05, 3.63) is 131 Å². The van der Waals surface area contributed by atoms with Gasteiger partial charge in [0.25, 0.3) is 0 Å². The van der Waals surface area contributed by atoms with Crippen molar-refractivity contribution in [2.24, 2.45) is 11.8 Å². The van der Waals surface area contributed by atoms with Gasteiger partial charge in [-0.2, -0.15) is 0 Å². The lowest BCUT2D eigenvalue weighted by molar-refractivity contribution is -0.136. The highest BCUT2D eigenvalue weighted by molar-refractivity contribution is 5.97. The second-order valence-corrected chi connectivity index (χ2v) is 22.3. The summed E-state index contributed by atoms with van der Waals surface area (Å²) in [7, 11) is 8.03. The maximum Gasteiger partial charge on any atom is 0.339 e. The zero-order valence-electron chi connectivity index (χ0n) is 47.4. The summed E-state index contributed by atoms with van der Waals surface area (Å²) in [5, 5.41) is 8.34. The van der Waals surface area contributed by atoms with Gasteiger partial charge in [0.1, 0.15) is 6.10 Å². The molecule has 16 nitrogen and oxygen atoms in total. The Hall–Kier alpha value is -6.59. The van der Waals surface area contributed by atoms with Crippen LogP contribution < -0.4 is 10.6 Å². The second-order valence-electron chi connectivity index (χ2n) is 22.3. The molecule has 3 aliphatic heterocycles. The highest BCUT2D eigenvalue weighted by Gasteiger charge is 2.46. The first kappa shape index (κ1) is 57.6. The first-order chi connectivity index (χ1) is 37.6. The lowest BCUT2D eigenvalue weighted by atomic mass is 9.71. The predicted molar refractivity (Wildman–Crippen MR) is 310 cm³/mol. The van der Waals surface area contributed by atoms with Crippen LogP contribution in [0.4, 0.5) is 9.59 Å². The molecule has 6 amide bonds. The SMILES string of the molecule is C=CCN1C[C@H](C(=O)N(CCCN(C)C)C(=O)NCC)C[C@@H]2c3cccc4[nH]c(C)c(c34)C[C@H]21.C=CCN1C[C@H](C(=O)N(CCCN(C)C)C(=O)NCC)C[C@@H]2c3cccc4[nH]cc(c34)C[C@H]21.CC1OC(=O)c2ccccc21. The molecule has 4 N–H and O–H groups in total. The monoisotopic (exact) mass is 1060 g/mol. The number of nitrogens with zero attached hydrogens (tertiary/aromatic N) is 6. The molecule has 5 aromatic rings. The van der Waals surface area contributed by atoms with Crippen molar-refractivity contribution < 1.29 is 28.7 Å². The highest BCUT2D eigenvalue weighted by atomic mass is 16.5. The van der Waals surface area contributed by atoms with E-state index in [0.29, 0.717) is 56.9 Å². The second kappa shape index (κ2) is 25.9. The Labute approximate surface area is 461 Å². The Bertz CT molecular complexity index is 2960. The third kappa shape index (κ3) is 12.5. The number of aromatic nitrogens is 2. The van der Waals surface area contributed by atoms with E-state index in [9.17, 15) is 24.0 Å². The molecular weight excluding hydrogens is 981 g/mol. The molecular formula is C62H84N10O6. The van der Waals surface area contributed by atoms with Gasteiger partial charge < -0.3 is 35.1 Å². The third-order valence-corrected chi connectivity index (χ3v) is 16.5. The summed E-state index contributed by atoms with van der Waals surface area (Å²) in [5.74, 6) is -0.235. The molecule has 16 heteroatoms. The Morgan fingerprint density at radius 2 is 1.21 bits per heavy atom. The van der Waals surface area contributed by atoms with Crippen LogP contribution in [0, 0.1) is 18.8 Å². The van der Waals surface area contributed by atoms with Crippen molar-refractivity contribution >= 4 is 51.7 Å². The van der Waals surface area contributed by atoms with Crippen molar-refractivity contribution in [3.63, 3.8) is 0 Å². The molecule has 78 heavy (non-hydrogen) atoms. The number of fused-ring (bicyclic) bond motifs is 5. The number of hydrogen-bond acceptors (Lipinski definition) is 10. The fraction of sp³-hybridized carbons (Fsp3) is 0.500. The van der Waals surface area contributed by atoms with Crippen LogP contribution in [-0.4, -0.2) is 175 Å². The molecule has 2 saturated heterocycles. The number of aromatic amines is 2. The fourth-order valence-electron chi connectivity index (χ4n) is 12.9. The van der Waals surface area contributed by atoms with Crippen LogP contribution in [0.25, 0.3) is 21.8 Å². The number of cyclic esters (lactones) is 1. The molecule has 10 rings (SSSR count). The number of rotatable bonds is 16. The standard InChI is InChI=1S/C27H39N5O2.C26H37N5O2.C9H8O2/c1-6-12-31-17-19(26(33)32(27(34)28-7-2)14-9-13-30(4)5)15-22-20-10-8-11-23-25(20)21(16-24(22)31)18(3)29-23;1-5-11-30-17-19(25(32)31(26(33)27-6-2)13-8-12-29(3)4)14-21-20-9-7-10-22-24(20)18(16-28-22)15-23(21)30;1-6-7-4-2-3-5-8(7)9(10)11-6/h6,8,10-11,19,22,24,29H,1,7,9,12-17H2,2-5H3,(H,28,34);5,7,9-10,16,19,21,23,28H,1,6,8,11-15,17H2,2-4H3,(H,27,33);2-6H,1H3/t19-,22-,24-;19-,21-,23-;/m11./s1. The average Bonchev–Trinajstić information content (AvgIpc) is 4.10. The molecule has 5 heterocycles. The summed E-state index contributed by atoms with van der Waals surface area (Å²) < 4.78 is 4.99. The lowest BCUT2D eigenvalue weighted by Crippen LogP contribution is -2.55. The van der Waals surface area contributed by atoms with Gasteiger partial charge in [-0.05, 0) is 148 Å². The van der Waals surface area contributed by atoms with E-state index in [4.69, 9.17) is 4.74 Å². The summed E-state index contributed by atoms with van der Waals surface area (Å²) in [6.45, 7) is 22.1. The van der Waals surface area contributed by atoms with E-state index >= 15 is 0 Å². The van der Waals surface area contributed by atoms with Crippen molar-refractivity contribution in [2.75, 3.05) is 93.6 Å². The summed E-state index contributed by atoms with van der Waals surface area (Å²) in [6.07, 6.45) is 10.9. The molecule has 7 atom stereocenters. The molecule has 0 radical (unpaired) electrons. The van der Waals surface area contributed by atoms with Crippen LogP contribution in [0.5, 0.6) is 0 Å². The van der Waals surface area contributed by atoms with Crippen LogP contribution in [0.3, 0.4) is 0 Å². The largest absolute Gasteiger partial charge is 0.454 e. The molecule has 5 aliphatic rings. The average molecular weight is 1070 g/mol. The summed E-state index contributed by atoms with van der Waals surface area (Å²) in [5.41, 5.74) is 10.7. The molecule has 2 fully saturated rings. The van der Waals surface area contributed by atoms with Crippen molar-refractivity contribution in [1.29, 1.82) is 0 Å². The molecule has 0 saturated carbocycles. The normalized spacial score (nSPS) is 22.0. The molecule has 0 bridgehead atoms. The zero-order valence-corrected chi connectivity index (χ0v) is 47.4. The van der Waals surface area contributed by atoms with Gasteiger partial charge in [-0.25, -0.2) is 14.4 Å². The number of esters is 1. The number of benzene rings is 3. The molecule has 418 valence electrons. The number of hydrogen-bond donors (Lipinski definition) is 4. The Morgan fingerprint density at radius 1 is 0.692 bits per heavy atom. The van der Waals surface area contributed by atoms with Gasteiger partial charge in [0.05, 0.1) is 17.4 Å². The minimum atomic E-state index is -0.280. The lowest BCUT2D eigenvalue weighted by Gasteiger charge is -2.47.